The second kappa shape index (κ2) is 5.67. The maximum Gasteiger partial charge on any atom is 0.263 e. The Bertz CT molecular complexity index is 956. The zero-order valence-corrected chi connectivity index (χ0v) is 13.4. The molecule has 0 radical (unpaired) electrons. The molecule has 0 bridgehead atoms. The monoisotopic (exact) mass is 322 g/mol. The predicted molar refractivity (Wildman–Crippen MR) is 90.9 cm³/mol. The predicted octanol–water partition coefficient (Wildman–Crippen LogP) is 3.11. The van der Waals surface area contributed by atoms with Crippen LogP contribution in [0.2, 0.25) is 0 Å². The molecule has 1 fully saturated rings. The van der Waals surface area contributed by atoms with Gasteiger partial charge in [-0.15, -0.1) is 0 Å². The van der Waals surface area contributed by atoms with Crippen LogP contribution < -0.4 is 5.56 Å². The van der Waals surface area contributed by atoms with Crippen molar-refractivity contribution in [1.29, 1.82) is 0 Å². The summed E-state index contributed by atoms with van der Waals surface area (Å²) in [6.45, 7) is 0.639. The van der Waals surface area contributed by atoms with Crippen LogP contribution in [0.25, 0.3) is 10.9 Å². The van der Waals surface area contributed by atoms with Crippen molar-refractivity contribution < 1.29 is 9.21 Å². The van der Waals surface area contributed by atoms with E-state index in [9.17, 15) is 9.59 Å². The highest BCUT2D eigenvalue weighted by molar-refractivity contribution is 5.97. The first-order valence-electron chi connectivity index (χ1n) is 8.10. The molecule has 1 saturated heterocycles. The molecule has 2 aromatic heterocycles. The van der Waals surface area contributed by atoms with Gasteiger partial charge in [0.2, 0.25) is 0 Å². The minimum absolute atomic E-state index is 0.0938. The van der Waals surface area contributed by atoms with E-state index in [1.54, 1.807) is 28.8 Å². The SMILES string of the molecule is Cn1c(=O)c(C(=O)N2CCC[C@H]2c2ccco2)cc2ccccc21. The van der Waals surface area contributed by atoms with E-state index in [2.05, 4.69) is 0 Å². The highest BCUT2D eigenvalue weighted by Gasteiger charge is 2.33. The average Bonchev–Trinajstić information content (AvgIpc) is 3.28. The Morgan fingerprint density at radius 1 is 1.21 bits per heavy atom. The number of rotatable bonds is 2. The van der Waals surface area contributed by atoms with Crippen molar-refractivity contribution in [3.8, 4) is 0 Å². The molecule has 3 aromatic rings. The summed E-state index contributed by atoms with van der Waals surface area (Å²) in [6.07, 6.45) is 3.38. The second-order valence-corrected chi connectivity index (χ2v) is 6.15. The number of pyridine rings is 1. The highest BCUT2D eigenvalue weighted by atomic mass is 16.3. The Hall–Kier alpha value is -2.82. The number of hydrogen-bond acceptors (Lipinski definition) is 3. The normalized spacial score (nSPS) is 17.5. The molecular formula is C19H18N2O3. The van der Waals surface area contributed by atoms with Crippen molar-refractivity contribution in [2.75, 3.05) is 6.54 Å². The molecule has 1 amide bonds. The van der Waals surface area contributed by atoms with Crippen LogP contribution in [0.4, 0.5) is 0 Å². The fourth-order valence-corrected chi connectivity index (χ4v) is 3.52. The molecule has 1 aliphatic rings. The topological polar surface area (TPSA) is 55.5 Å². The Balaban J connectivity index is 1.78. The number of nitrogens with zero attached hydrogens (tertiary/aromatic N) is 2. The number of likely N-dealkylation sites (tertiary alicyclic amines) is 1. The number of hydrogen-bond donors (Lipinski definition) is 0. The largest absolute Gasteiger partial charge is 0.467 e. The Morgan fingerprint density at radius 3 is 2.83 bits per heavy atom. The number of fused-ring (bicyclic) bond motifs is 1. The van der Waals surface area contributed by atoms with E-state index < -0.39 is 0 Å². The molecule has 1 aliphatic heterocycles. The van der Waals surface area contributed by atoms with Crippen LogP contribution in [0.1, 0.15) is 35.0 Å². The Kier molecular flexibility index (Phi) is 3.49. The molecule has 122 valence electrons. The minimum atomic E-state index is -0.260. The van der Waals surface area contributed by atoms with Crippen molar-refractivity contribution in [2.45, 2.75) is 18.9 Å². The van der Waals surface area contributed by atoms with Crippen molar-refractivity contribution >= 4 is 16.8 Å². The van der Waals surface area contributed by atoms with Gasteiger partial charge in [-0.1, -0.05) is 18.2 Å². The molecule has 5 heteroatoms. The number of aryl methyl sites for hydroxylation is 1. The van der Waals surface area contributed by atoms with Gasteiger partial charge in [-0.3, -0.25) is 9.59 Å². The van der Waals surface area contributed by atoms with Gasteiger partial charge < -0.3 is 13.9 Å². The number of carbonyl (C=O) groups excluding carboxylic acids is 1. The van der Waals surface area contributed by atoms with Gasteiger partial charge in [-0.25, -0.2) is 0 Å². The van der Waals surface area contributed by atoms with Crippen molar-refractivity contribution in [2.24, 2.45) is 7.05 Å². The first-order chi connectivity index (χ1) is 11.7. The maximum absolute atomic E-state index is 13.0. The van der Waals surface area contributed by atoms with Crippen molar-refractivity contribution in [3.05, 3.63) is 70.4 Å². The molecule has 24 heavy (non-hydrogen) atoms. The average molecular weight is 322 g/mol. The van der Waals surface area contributed by atoms with E-state index in [0.29, 0.717) is 6.54 Å². The summed E-state index contributed by atoms with van der Waals surface area (Å²) < 4.78 is 7.02. The zero-order chi connectivity index (χ0) is 16.7. The molecule has 0 aliphatic carbocycles. The van der Waals surface area contributed by atoms with Crippen LogP contribution >= 0.6 is 0 Å². The van der Waals surface area contributed by atoms with Crippen LogP contribution in [-0.4, -0.2) is 21.9 Å². The number of amides is 1. The van der Waals surface area contributed by atoms with E-state index >= 15 is 0 Å². The van der Waals surface area contributed by atoms with E-state index in [1.165, 1.54) is 0 Å². The fourth-order valence-electron chi connectivity index (χ4n) is 3.52. The third-order valence-electron chi connectivity index (χ3n) is 4.75. The van der Waals surface area contributed by atoms with E-state index in [4.69, 9.17) is 4.42 Å². The Labute approximate surface area is 139 Å². The molecule has 0 saturated carbocycles. The fraction of sp³-hybridized carbons (Fsp3) is 0.263. The van der Waals surface area contributed by atoms with Crippen LogP contribution in [-0.2, 0) is 7.05 Å². The van der Waals surface area contributed by atoms with Gasteiger partial charge in [0, 0.05) is 13.6 Å². The highest BCUT2D eigenvalue weighted by Crippen LogP contribution is 2.33. The van der Waals surface area contributed by atoms with Gasteiger partial charge in [0.05, 0.1) is 17.8 Å². The molecular weight excluding hydrogens is 304 g/mol. The van der Waals surface area contributed by atoms with Crippen molar-refractivity contribution in [1.82, 2.24) is 9.47 Å². The van der Waals surface area contributed by atoms with Gasteiger partial charge in [0.15, 0.2) is 0 Å². The number of aromatic nitrogens is 1. The Morgan fingerprint density at radius 2 is 2.04 bits per heavy atom. The maximum atomic E-state index is 13.0. The smallest absolute Gasteiger partial charge is 0.263 e. The molecule has 3 heterocycles. The summed E-state index contributed by atoms with van der Waals surface area (Å²) in [4.78, 5) is 27.5. The third kappa shape index (κ3) is 2.24. The van der Waals surface area contributed by atoms with Gasteiger partial charge in [0.1, 0.15) is 11.3 Å². The van der Waals surface area contributed by atoms with Crippen LogP contribution in [0.3, 0.4) is 0 Å². The van der Waals surface area contributed by atoms with Crippen LogP contribution in [0.15, 0.2) is 57.9 Å². The number of carbonyl (C=O) groups is 1. The standard InChI is InChI=1S/C19H18N2O3/c1-20-15-7-3-2-6-13(15)12-14(18(20)22)19(23)21-10-4-8-16(21)17-9-5-11-24-17/h2-3,5-7,9,11-12,16H,4,8,10H2,1H3/t16-/m0/s1. The quantitative estimate of drug-likeness (QED) is 0.728. The summed E-state index contributed by atoms with van der Waals surface area (Å²) in [7, 11) is 1.70. The van der Waals surface area contributed by atoms with Gasteiger partial charge in [-0.05, 0) is 42.5 Å². The summed E-state index contributed by atoms with van der Waals surface area (Å²) in [5.74, 6) is 0.554. The van der Waals surface area contributed by atoms with Gasteiger partial charge in [-0.2, -0.15) is 0 Å². The third-order valence-corrected chi connectivity index (χ3v) is 4.75. The molecule has 1 atom stereocenters. The lowest BCUT2D eigenvalue weighted by atomic mass is 10.1. The molecule has 1 aromatic carbocycles. The van der Waals surface area contributed by atoms with Crippen LogP contribution in [0.5, 0.6) is 0 Å². The molecule has 0 N–H and O–H groups in total. The second-order valence-electron chi connectivity index (χ2n) is 6.15. The minimum Gasteiger partial charge on any atom is -0.467 e. The van der Waals surface area contributed by atoms with Gasteiger partial charge in [0.25, 0.3) is 11.5 Å². The van der Waals surface area contributed by atoms with Crippen LogP contribution in [0, 0.1) is 0 Å². The first kappa shape index (κ1) is 14.8. The van der Waals surface area contributed by atoms with Crippen molar-refractivity contribution in [3.63, 3.8) is 0 Å². The van der Waals surface area contributed by atoms with Gasteiger partial charge >= 0.3 is 0 Å². The summed E-state index contributed by atoms with van der Waals surface area (Å²) >= 11 is 0. The van der Waals surface area contributed by atoms with E-state index in [0.717, 1.165) is 29.5 Å². The first-order valence-corrected chi connectivity index (χ1v) is 8.10. The number of benzene rings is 1. The number of para-hydroxylation sites is 1. The lowest BCUT2D eigenvalue weighted by Gasteiger charge is -2.23. The van der Waals surface area contributed by atoms with E-state index in [-0.39, 0.29) is 23.1 Å². The lowest BCUT2D eigenvalue weighted by Crippen LogP contribution is -2.36. The lowest BCUT2D eigenvalue weighted by molar-refractivity contribution is 0.0718. The summed E-state index contributed by atoms with van der Waals surface area (Å²) in [5.41, 5.74) is 0.779. The molecule has 5 nitrogen and oxygen atoms in total. The molecule has 0 spiro atoms. The van der Waals surface area contributed by atoms with E-state index in [1.807, 2.05) is 36.4 Å². The molecule has 4 rings (SSSR count). The zero-order valence-electron chi connectivity index (χ0n) is 13.4. The molecule has 0 unspecified atom stereocenters. The summed E-state index contributed by atoms with van der Waals surface area (Å²) in [5, 5.41) is 0.886. The summed E-state index contributed by atoms with van der Waals surface area (Å²) in [6, 6.07) is 12.9. The number of furan rings is 1.